The van der Waals surface area contributed by atoms with E-state index in [1.54, 1.807) is 24.3 Å². The molecule has 1 saturated heterocycles. The maximum atomic E-state index is 14.2. The standard InChI is InChI=1S/C30H23ClFNO4S/c1-2-36-27-15-19(13-14-26(27)37-18-21-9-5-8-20-7-3-4-10-22(20)21)16-28-29(34)33(30(35)38-28)17-23-24(31)11-6-12-25(23)32/h3-16H,2,17-18H2,1H3. The van der Waals surface area contributed by atoms with Crippen LogP contribution in [-0.4, -0.2) is 22.7 Å². The SMILES string of the molecule is CCOc1cc(C=C2SC(=O)N(Cc3c(F)cccc3Cl)C2=O)ccc1OCc1cccc2ccccc12. The van der Waals surface area contributed by atoms with Crippen molar-refractivity contribution in [2.75, 3.05) is 6.61 Å². The minimum absolute atomic E-state index is 0.101. The summed E-state index contributed by atoms with van der Waals surface area (Å²) in [5, 5.41) is 1.94. The minimum Gasteiger partial charge on any atom is -0.490 e. The first-order valence-corrected chi connectivity index (χ1v) is 13.2. The lowest BCUT2D eigenvalue weighted by molar-refractivity contribution is -0.123. The number of thioether (sulfide) groups is 1. The van der Waals surface area contributed by atoms with Gasteiger partial charge in [-0.1, -0.05) is 66.2 Å². The second-order valence-corrected chi connectivity index (χ2v) is 9.93. The zero-order valence-corrected chi connectivity index (χ0v) is 22.0. The molecule has 0 spiro atoms. The number of imide groups is 1. The van der Waals surface area contributed by atoms with Crippen LogP contribution in [0.5, 0.6) is 11.5 Å². The van der Waals surface area contributed by atoms with E-state index in [4.69, 9.17) is 21.1 Å². The van der Waals surface area contributed by atoms with Gasteiger partial charge in [0, 0.05) is 10.6 Å². The number of fused-ring (bicyclic) bond motifs is 1. The van der Waals surface area contributed by atoms with Gasteiger partial charge < -0.3 is 9.47 Å². The third kappa shape index (κ3) is 5.39. The minimum atomic E-state index is -0.569. The maximum absolute atomic E-state index is 14.2. The van der Waals surface area contributed by atoms with Crippen LogP contribution in [0.3, 0.4) is 0 Å². The van der Waals surface area contributed by atoms with Crippen molar-refractivity contribution in [1.29, 1.82) is 0 Å². The molecule has 2 amide bonds. The third-order valence-corrected chi connectivity index (χ3v) is 7.34. The Morgan fingerprint density at radius 3 is 2.55 bits per heavy atom. The van der Waals surface area contributed by atoms with Gasteiger partial charge in [0.2, 0.25) is 0 Å². The van der Waals surface area contributed by atoms with Gasteiger partial charge in [0.25, 0.3) is 11.1 Å². The number of amides is 2. The van der Waals surface area contributed by atoms with Gasteiger partial charge in [-0.2, -0.15) is 0 Å². The van der Waals surface area contributed by atoms with Gasteiger partial charge in [0.15, 0.2) is 11.5 Å². The smallest absolute Gasteiger partial charge is 0.293 e. The quantitative estimate of drug-likeness (QED) is 0.210. The number of hydrogen-bond donors (Lipinski definition) is 0. The summed E-state index contributed by atoms with van der Waals surface area (Å²) in [5.74, 6) is 0.0209. The molecule has 0 N–H and O–H groups in total. The topological polar surface area (TPSA) is 55.8 Å². The third-order valence-electron chi connectivity index (χ3n) is 6.08. The summed E-state index contributed by atoms with van der Waals surface area (Å²) >= 11 is 6.89. The molecule has 1 aliphatic heterocycles. The molecule has 0 aromatic heterocycles. The molecule has 1 fully saturated rings. The monoisotopic (exact) mass is 547 g/mol. The highest BCUT2D eigenvalue weighted by atomic mass is 35.5. The Hall–Kier alpha value is -3.81. The van der Waals surface area contributed by atoms with E-state index in [-0.39, 0.29) is 22.0 Å². The molecule has 38 heavy (non-hydrogen) atoms. The number of carbonyl (C=O) groups is 2. The van der Waals surface area contributed by atoms with Crippen molar-refractivity contribution < 1.29 is 23.5 Å². The zero-order valence-electron chi connectivity index (χ0n) is 20.4. The molecule has 5 nitrogen and oxygen atoms in total. The highest BCUT2D eigenvalue weighted by molar-refractivity contribution is 8.18. The first kappa shape index (κ1) is 25.8. The summed E-state index contributed by atoms with van der Waals surface area (Å²) in [4.78, 5) is 26.8. The highest BCUT2D eigenvalue weighted by Crippen LogP contribution is 2.36. The summed E-state index contributed by atoms with van der Waals surface area (Å²) in [5.41, 5.74) is 1.82. The Labute approximate surface area is 228 Å². The first-order chi connectivity index (χ1) is 18.4. The zero-order chi connectivity index (χ0) is 26.6. The second-order valence-electron chi connectivity index (χ2n) is 8.53. The van der Waals surface area contributed by atoms with E-state index in [0.29, 0.717) is 30.3 Å². The Bertz CT molecular complexity index is 1550. The summed E-state index contributed by atoms with van der Waals surface area (Å²) in [7, 11) is 0. The second kappa shape index (κ2) is 11.3. The van der Waals surface area contributed by atoms with Crippen LogP contribution in [0, 0.1) is 5.82 Å². The number of nitrogens with zero attached hydrogens (tertiary/aromatic N) is 1. The fraction of sp³-hybridized carbons (Fsp3) is 0.133. The van der Waals surface area contributed by atoms with Crippen molar-refractivity contribution >= 4 is 51.4 Å². The van der Waals surface area contributed by atoms with Crippen LogP contribution >= 0.6 is 23.4 Å². The van der Waals surface area contributed by atoms with Gasteiger partial charge in [-0.3, -0.25) is 14.5 Å². The molecule has 0 bridgehead atoms. The van der Waals surface area contributed by atoms with Crippen molar-refractivity contribution in [1.82, 2.24) is 4.90 Å². The van der Waals surface area contributed by atoms with Crippen molar-refractivity contribution in [2.24, 2.45) is 0 Å². The summed E-state index contributed by atoms with van der Waals surface area (Å²) < 4.78 is 26.2. The van der Waals surface area contributed by atoms with E-state index in [0.717, 1.165) is 33.0 Å². The number of halogens is 2. The molecule has 1 heterocycles. The first-order valence-electron chi connectivity index (χ1n) is 12.0. The predicted molar refractivity (Wildman–Crippen MR) is 149 cm³/mol. The summed E-state index contributed by atoms with van der Waals surface area (Å²) in [6.45, 7) is 2.42. The highest BCUT2D eigenvalue weighted by Gasteiger charge is 2.36. The van der Waals surface area contributed by atoms with E-state index in [1.807, 2.05) is 31.2 Å². The van der Waals surface area contributed by atoms with Crippen molar-refractivity contribution in [3.63, 3.8) is 0 Å². The molecule has 1 aliphatic rings. The number of carbonyl (C=O) groups excluding carboxylic acids is 2. The molecule has 4 aromatic carbocycles. The van der Waals surface area contributed by atoms with Crippen molar-refractivity contribution in [3.8, 4) is 11.5 Å². The fourth-order valence-corrected chi connectivity index (χ4v) is 5.27. The van der Waals surface area contributed by atoms with Crippen LogP contribution < -0.4 is 9.47 Å². The Morgan fingerprint density at radius 1 is 0.947 bits per heavy atom. The van der Waals surface area contributed by atoms with Gasteiger partial charge in [-0.25, -0.2) is 4.39 Å². The Balaban J connectivity index is 1.35. The average molecular weight is 548 g/mol. The molecule has 0 unspecified atom stereocenters. The van der Waals surface area contributed by atoms with E-state index >= 15 is 0 Å². The van der Waals surface area contributed by atoms with Crippen LogP contribution in [0.25, 0.3) is 16.8 Å². The molecule has 5 rings (SSSR count). The van der Waals surface area contributed by atoms with Crippen LogP contribution in [0.2, 0.25) is 5.02 Å². The molecule has 0 atom stereocenters. The maximum Gasteiger partial charge on any atom is 0.293 e. The molecule has 8 heteroatoms. The average Bonchev–Trinajstić information content (AvgIpc) is 3.17. The van der Waals surface area contributed by atoms with Crippen LogP contribution in [0.15, 0.2) is 83.8 Å². The van der Waals surface area contributed by atoms with E-state index in [9.17, 15) is 14.0 Å². The molecule has 0 radical (unpaired) electrons. The largest absolute Gasteiger partial charge is 0.490 e. The van der Waals surface area contributed by atoms with Crippen LogP contribution in [0.4, 0.5) is 9.18 Å². The lowest BCUT2D eigenvalue weighted by Crippen LogP contribution is -2.28. The summed E-state index contributed by atoms with van der Waals surface area (Å²) in [6.07, 6.45) is 1.62. The molecule has 4 aromatic rings. The van der Waals surface area contributed by atoms with Crippen LogP contribution in [0.1, 0.15) is 23.6 Å². The lowest BCUT2D eigenvalue weighted by Gasteiger charge is -2.14. The van der Waals surface area contributed by atoms with Gasteiger partial charge in [0.05, 0.1) is 18.1 Å². The van der Waals surface area contributed by atoms with Gasteiger partial charge >= 0.3 is 0 Å². The molecular formula is C30H23ClFNO4S. The molecular weight excluding hydrogens is 525 g/mol. The van der Waals surface area contributed by atoms with Crippen molar-refractivity contribution in [2.45, 2.75) is 20.1 Å². The number of hydrogen-bond acceptors (Lipinski definition) is 5. The number of rotatable bonds is 8. The Kier molecular flexibility index (Phi) is 7.67. The predicted octanol–water partition coefficient (Wildman–Crippen LogP) is 7.85. The summed E-state index contributed by atoms with van der Waals surface area (Å²) in [6, 6.07) is 23.8. The van der Waals surface area contributed by atoms with E-state index < -0.39 is 17.0 Å². The van der Waals surface area contributed by atoms with Crippen molar-refractivity contribution in [3.05, 3.63) is 111 Å². The normalized spacial score (nSPS) is 14.5. The van der Waals surface area contributed by atoms with Gasteiger partial charge in [-0.15, -0.1) is 0 Å². The van der Waals surface area contributed by atoms with Crippen LogP contribution in [-0.2, 0) is 17.9 Å². The fourth-order valence-electron chi connectivity index (χ4n) is 4.21. The number of ether oxygens (including phenoxy) is 2. The van der Waals surface area contributed by atoms with Gasteiger partial charge in [-0.05, 0) is 70.9 Å². The Morgan fingerprint density at radius 2 is 1.74 bits per heavy atom. The van der Waals surface area contributed by atoms with Gasteiger partial charge in [0.1, 0.15) is 12.4 Å². The molecule has 0 saturated carbocycles. The lowest BCUT2D eigenvalue weighted by atomic mass is 10.1. The number of benzene rings is 4. The molecule has 192 valence electrons. The molecule has 0 aliphatic carbocycles. The van der Waals surface area contributed by atoms with E-state index in [2.05, 4.69) is 18.2 Å². The van der Waals surface area contributed by atoms with E-state index in [1.165, 1.54) is 18.2 Å².